The molecule has 0 bridgehead atoms. The minimum atomic E-state index is -0.926. The van der Waals surface area contributed by atoms with Crippen LogP contribution in [0.25, 0.3) is 0 Å². The van der Waals surface area contributed by atoms with Crippen LogP contribution in [0.15, 0.2) is 18.2 Å². The molecule has 0 aliphatic heterocycles. The van der Waals surface area contributed by atoms with E-state index in [1.807, 2.05) is 0 Å². The Bertz CT molecular complexity index is 452. The Morgan fingerprint density at radius 3 is 2.20 bits per heavy atom. The van der Waals surface area contributed by atoms with Crippen LogP contribution in [-0.2, 0) is 4.79 Å². The van der Waals surface area contributed by atoms with Crippen LogP contribution in [0.1, 0.15) is 16.8 Å². The normalized spacial score (nSPS) is 9.55. The molecule has 4 N–H and O–H groups in total. The standard InChI is InChI=1S/C12H15F2N3O2.ClH/c13-8-2-1-3-9(14)11(8)12(19)17-7-6-16-10(18)4-5-15;/h1-3H,4-7,15H2,(H,16,18)(H,17,19);1H. The molecule has 2 amide bonds. The summed E-state index contributed by atoms with van der Waals surface area (Å²) in [5, 5.41) is 4.81. The number of amides is 2. The third-order valence-electron chi connectivity index (χ3n) is 2.29. The van der Waals surface area contributed by atoms with E-state index in [0.717, 1.165) is 12.1 Å². The number of nitrogens with one attached hydrogen (secondary N) is 2. The van der Waals surface area contributed by atoms with Gasteiger partial charge in [-0.1, -0.05) is 6.07 Å². The number of halogens is 3. The number of carbonyl (C=O) groups is 2. The quantitative estimate of drug-likeness (QED) is 0.672. The first-order valence-corrected chi connectivity index (χ1v) is 5.75. The molecule has 0 unspecified atom stereocenters. The summed E-state index contributed by atoms with van der Waals surface area (Å²) in [6, 6.07) is 3.18. The molecule has 0 saturated heterocycles. The summed E-state index contributed by atoms with van der Waals surface area (Å²) >= 11 is 0. The van der Waals surface area contributed by atoms with Crippen LogP contribution >= 0.6 is 12.4 Å². The first-order chi connectivity index (χ1) is 9.06. The molecule has 20 heavy (non-hydrogen) atoms. The maximum atomic E-state index is 13.3. The molecule has 0 radical (unpaired) electrons. The molecule has 0 aliphatic rings. The van der Waals surface area contributed by atoms with Gasteiger partial charge in [0.2, 0.25) is 5.91 Å². The van der Waals surface area contributed by atoms with Gasteiger partial charge in [0, 0.05) is 26.1 Å². The summed E-state index contributed by atoms with van der Waals surface area (Å²) in [7, 11) is 0. The van der Waals surface area contributed by atoms with Gasteiger partial charge in [-0.3, -0.25) is 9.59 Å². The van der Waals surface area contributed by atoms with Gasteiger partial charge in [0.15, 0.2) is 0 Å². The van der Waals surface area contributed by atoms with Gasteiger partial charge in [0.05, 0.1) is 0 Å². The van der Waals surface area contributed by atoms with Crippen LogP contribution in [0.2, 0.25) is 0 Å². The van der Waals surface area contributed by atoms with E-state index in [1.165, 1.54) is 6.07 Å². The lowest BCUT2D eigenvalue weighted by molar-refractivity contribution is -0.120. The molecule has 0 aromatic heterocycles. The Kier molecular flexibility index (Phi) is 8.42. The fraction of sp³-hybridized carbons (Fsp3) is 0.333. The Labute approximate surface area is 121 Å². The van der Waals surface area contributed by atoms with Crippen molar-refractivity contribution in [3.63, 3.8) is 0 Å². The molecule has 0 atom stereocenters. The molecule has 8 heteroatoms. The third kappa shape index (κ3) is 5.50. The van der Waals surface area contributed by atoms with Crippen molar-refractivity contribution in [3.8, 4) is 0 Å². The average molecular weight is 308 g/mol. The zero-order chi connectivity index (χ0) is 14.3. The lowest BCUT2D eigenvalue weighted by Crippen LogP contribution is -2.35. The number of benzene rings is 1. The number of carbonyl (C=O) groups excluding carboxylic acids is 2. The number of hydrogen-bond donors (Lipinski definition) is 3. The second-order valence-corrected chi connectivity index (χ2v) is 3.74. The average Bonchev–Trinajstić information content (AvgIpc) is 2.35. The van der Waals surface area contributed by atoms with E-state index in [2.05, 4.69) is 10.6 Å². The Morgan fingerprint density at radius 1 is 1.10 bits per heavy atom. The Morgan fingerprint density at radius 2 is 1.65 bits per heavy atom. The molecular formula is C12H16ClF2N3O2. The Balaban J connectivity index is 0.00000361. The van der Waals surface area contributed by atoms with Crippen LogP contribution in [0.5, 0.6) is 0 Å². The highest BCUT2D eigenvalue weighted by Gasteiger charge is 2.16. The minimum Gasteiger partial charge on any atom is -0.354 e. The fourth-order valence-corrected chi connectivity index (χ4v) is 1.40. The van der Waals surface area contributed by atoms with E-state index in [0.29, 0.717) is 0 Å². The van der Waals surface area contributed by atoms with Gasteiger partial charge in [-0.15, -0.1) is 12.4 Å². The maximum absolute atomic E-state index is 13.3. The SMILES string of the molecule is Cl.NCCC(=O)NCCNC(=O)c1c(F)cccc1F. The van der Waals surface area contributed by atoms with Crippen LogP contribution in [0, 0.1) is 11.6 Å². The highest BCUT2D eigenvalue weighted by Crippen LogP contribution is 2.11. The van der Waals surface area contributed by atoms with Gasteiger partial charge in [-0.2, -0.15) is 0 Å². The van der Waals surface area contributed by atoms with Crippen LogP contribution in [0.4, 0.5) is 8.78 Å². The predicted octanol–water partition coefficient (Wildman–Crippen LogP) is 0.581. The summed E-state index contributed by atoms with van der Waals surface area (Å²) in [5.41, 5.74) is 4.55. The molecule has 0 heterocycles. The molecular weight excluding hydrogens is 292 g/mol. The number of nitrogens with two attached hydrogens (primary N) is 1. The van der Waals surface area contributed by atoms with E-state index in [9.17, 15) is 18.4 Å². The van der Waals surface area contributed by atoms with Gasteiger partial charge >= 0.3 is 0 Å². The topological polar surface area (TPSA) is 84.2 Å². The third-order valence-corrected chi connectivity index (χ3v) is 2.29. The zero-order valence-corrected chi connectivity index (χ0v) is 11.4. The molecule has 0 saturated carbocycles. The van der Waals surface area contributed by atoms with Crippen LogP contribution in [0.3, 0.4) is 0 Å². The first kappa shape index (κ1) is 18.3. The Hall–Kier alpha value is -1.73. The van der Waals surface area contributed by atoms with E-state index in [4.69, 9.17) is 5.73 Å². The van der Waals surface area contributed by atoms with Crippen molar-refractivity contribution in [2.24, 2.45) is 5.73 Å². The van der Waals surface area contributed by atoms with Crippen molar-refractivity contribution < 1.29 is 18.4 Å². The molecule has 0 fully saturated rings. The lowest BCUT2D eigenvalue weighted by Gasteiger charge is -2.08. The first-order valence-electron chi connectivity index (χ1n) is 5.75. The van der Waals surface area contributed by atoms with E-state index in [-0.39, 0.29) is 44.4 Å². The van der Waals surface area contributed by atoms with Crippen molar-refractivity contribution in [1.82, 2.24) is 10.6 Å². The summed E-state index contributed by atoms with van der Waals surface area (Å²) in [4.78, 5) is 22.6. The van der Waals surface area contributed by atoms with Crippen LogP contribution in [-0.4, -0.2) is 31.4 Å². The molecule has 0 spiro atoms. The van der Waals surface area contributed by atoms with Gasteiger partial charge in [0.25, 0.3) is 5.91 Å². The summed E-state index contributed by atoms with van der Waals surface area (Å²) in [6.45, 7) is 0.474. The van der Waals surface area contributed by atoms with Gasteiger partial charge in [-0.25, -0.2) is 8.78 Å². The van der Waals surface area contributed by atoms with Gasteiger partial charge < -0.3 is 16.4 Å². The molecule has 0 aliphatic carbocycles. The van der Waals surface area contributed by atoms with E-state index >= 15 is 0 Å². The van der Waals surface area contributed by atoms with Gasteiger partial charge in [-0.05, 0) is 12.1 Å². The van der Waals surface area contributed by atoms with Crippen LogP contribution < -0.4 is 16.4 Å². The molecule has 1 aromatic rings. The second-order valence-electron chi connectivity index (χ2n) is 3.74. The fourth-order valence-electron chi connectivity index (χ4n) is 1.40. The summed E-state index contributed by atoms with van der Waals surface area (Å²) < 4.78 is 26.5. The number of hydrogen-bond acceptors (Lipinski definition) is 3. The van der Waals surface area contributed by atoms with E-state index < -0.39 is 23.1 Å². The number of rotatable bonds is 6. The van der Waals surface area contributed by atoms with Crippen molar-refractivity contribution in [3.05, 3.63) is 35.4 Å². The molecule has 1 aromatic carbocycles. The maximum Gasteiger partial charge on any atom is 0.257 e. The van der Waals surface area contributed by atoms with Crippen molar-refractivity contribution in [2.45, 2.75) is 6.42 Å². The van der Waals surface area contributed by atoms with Gasteiger partial charge in [0.1, 0.15) is 17.2 Å². The summed E-state index contributed by atoms with van der Waals surface area (Å²) in [5.74, 6) is -2.95. The highest BCUT2D eigenvalue weighted by atomic mass is 35.5. The molecule has 112 valence electrons. The monoisotopic (exact) mass is 307 g/mol. The van der Waals surface area contributed by atoms with Crippen molar-refractivity contribution >= 4 is 24.2 Å². The van der Waals surface area contributed by atoms with E-state index in [1.54, 1.807) is 0 Å². The second kappa shape index (κ2) is 9.22. The smallest absolute Gasteiger partial charge is 0.257 e. The predicted molar refractivity (Wildman–Crippen MR) is 72.6 cm³/mol. The molecule has 5 nitrogen and oxygen atoms in total. The lowest BCUT2D eigenvalue weighted by atomic mass is 10.2. The minimum absolute atomic E-state index is 0. The largest absolute Gasteiger partial charge is 0.354 e. The zero-order valence-electron chi connectivity index (χ0n) is 10.6. The molecule has 1 rings (SSSR count). The summed E-state index contributed by atoms with van der Waals surface area (Å²) in [6.07, 6.45) is 0.190. The van der Waals surface area contributed by atoms with Crippen molar-refractivity contribution in [2.75, 3.05) is 19.6 Å². The highest BCUT2D eigenvalue weighted by molar-refractivity contribution is 5.94. The van der Waals surface area contributed by atoms with Crippen molar-refractivity contribution in [1.29, 1.82) is 0 Å².